The number of halogens is 2. The monoisotopic (exact) mass is 543 g/mol. The van der Waals surface area contributed by atoms with Crippen molar-refractivity contribution in [3.05, 3.63) is 116 Å². The summed E-state index contributed by atoms with van der Waals surface area (Å²) < 4.78 is 14.9. The van der Waals surface area contributed by atoms with E-state index >= 15 is 0 Å². The van der Waals surface area contributed by atoms with Crippen LogP contribution < -0.4 is 10.6 Å². The molecule has 0 radical (unpaired) electrons. The summed E-state index contributed by atoms with van der Waals surface area (Å²) in [5, 5.41) is 11.0. The molecule has 0 aromatic heterocycles. The van der Waals surface area contributed by atoms with Gasteiger partial charge in [0.2, 0.25) is 0 Å². The third-order valence-corrected chi connectivity index (χ3v) is 8.56. The van der Waals surface area contributed by atoms with Gasteiger partial charge in [-0.1, -0.05) is 35.9 Å². The summed E-state index contributed by atoms with van der Waals surface area (Å²) in [4.78, 5) is 16.2. The lowest BCUT2D eigenvalue weighted by atomic mass is 9.74. The molecule has 5 rings (SSSR count). The number of nitrogens with two attached hydrogens (primary N) is 1. The first-order chi connectivity index (χ1) is 18.3. The van der Waals surface area contributed by atoms with E-state index in [0.717, 1.165) is 32.9 Å². The molecule has 4 nitrogen and oxygen atoms in total. The summed E-state index contributed by atoms with van der Waals surface area (Å²) in [6.07, 6.45) is 1.62. The van der Waals surface area contributed by atoms with Crippen LogP contribution in [0, 0.1) is 31.0 Å². The largest absolute Gasteiger partial charge is 0.384 e. The molecule has 0 bridgehead atoms. The van der Waals surface area contributed by atoms with Gasteiger partial charge in [0.1, 0.15) is 11.6 Å². The quantitative estimate of drug-likeness (QED) is 0.334. The normalized spacial score (nSPS) is 17.5. The van der Waals surface area contributed by atoms with E-state index in [1.165, 1.54) is 6.07 Å². The van der Waals surface area contributed by atoms with Crippen molar-refractivity contribution in [2.24, 2.45) is 5.73 Å². The Labute approximate surface area is 231 Å². The van der Waals surface area contributed by atoms with Gasteiger partial charge in [0.15, 0.2) is 5.78 Å². The van der Waals surface area contributed by atoms with Crippen LogP contribution in [-0.4, -0.2) is 5.78 Å². The van der Waals surface area contributed by atoms with Gasteiger partial charge in [0, 0.05) is 33.4 Å². The smallest absolute Gasteiger partial charge is 0.161 e. The van der Waals surface area contributed by atoms with E-state index in [4.69, 9.17) is 17.3 Å². The topological polar surface area (TPSA) is 70.1 Å². The predicted octanol–water partition coefficient (Wildman–Crippen LogP) is 7.69. The molecule has 0 amide bonds. The Morgan fingerprint density at radius 1 is 1.11 bits per heavy atom. The minimum atomic E-state index is -0.592. The summed E-state index contributed by atoms with van der Waals surface area (Å²) in [7, 11) is 0. The molecule has 3 aromatic carbocycles. The number of carbonyl (C=O) groups is 1. The van der Waals surface area contributed by atoms with Crippen molar-refractivity contribution in [2.45, 2.75) is 49.7 Å². The van der Waals surface area contributed by atoms with Gasteiger partial charge in [0.25, 0.3) is 0 Å². The number of benzene rings is 3. The van der Waals surface area contributed by atoms with Gasteiger partial charge in [-0.25, -0.2) is 4.39 Å². The molecule has 38 heavy (non-hydrogen) atoms. The molecule has 192 valence electrons. The number of nitriles is 1. The highest BCUT2D eigenvalue weighted by Crippen LogP contribution is 2.47. The van der Waals surface area contributed by atoms with E-state index in [1.54, 1.807) is 34.9 Å². The maximum atomic E-state index is 14.9. The number of hydrogen-bond acceptors (Lipinski definition) is 5. The zero-order chi connectivity index (χ0) is 27.0. The van der Waals surface area contributed by atoms with E-state index in [2.05, 4.69) is 25.1 Å². The number of para-hydroxylation sites is 1. The first-order valence-electron chi connectivity index (χ1n) is 12.5. The summed E-state index contributed by atoms with van der Waals surface area (Å²) in [6.45, 7) is 4.07. The van der Waals surface area contributed by atoms with Crippen molar-refractivity contribution in [1.29, 1.82) is 5.26 Å². The number of thioether (sulfide) groups is 1. The van der Waals surface area contributed by atoms with E-state index < -0.39 is 11.7 Å². The predicted molar refractivity (Wildman–Crippen MR) is 151 cm³/mol. The molecule has 1 aliphatic carbocycles. The average molecular weight is 544 g/mol. The first kappa shape index (κ1) is 26.1. The number of carbonyl (C=O) groups excluding carboxylic acids is 1. The average Bonchev–Trinajstić information content (AvgIpc) is 2.89. The Balaban J connectivity index is 1.63. The maximum absolute atomic E-state index is 14.9. The van der Waals surface area contributed by atoms with Gasteiger partial charge in [-0.3, -0.25) is 9.69 Å². The van der Waals surface area contributed by atoms with Crippen LogP contribution in [0.3, 0.4) is 0 Å². The summed E-state index contributed by atoms with van der Waals surface area (Å²) >= 11 is 7.74. The Hall–Kier alpha value is -3.53. The Kier molecular flexibility index (Phi) is 7.34. The minimum Gasteiger partial charge on any atom is -0.384 e. The number of hydrogen-bond donors (Lipinski definition) is 1. The van der Waals surface area contributed by atoms with Crippen LogP contribution in [0.5, 0.6) is 0 Å². The van der Waals surface area contributed by atoms with Crippen LogP contribution in [0.15, 0.2) is 88.2 Å². The second-order valence-corrected chi connectivity index (χ2v) is 11.1. The fourth-order valence-electron chi connectivity index (χ4n) is 5.38. The molecule has 0 saturated carbocycles. The molecule has 1 atom stereocenters. The molecule has 0 fully saturated rings. The van der Waals surface area contributed by atoms with E-state index in [-0.39, 0.29) is 22.9 Å². The molecule has 2 N–H and O–H groups in total. The van der Waals surface area contributed by atoms with Gasteiger partial charge in [-0.15, -0.1) is 11.8 Å². The number of nitrogens with zero attached hydrogens (tertiary/aromatic N) is 2. The molecule has 1 heterocycles. The second kappa shape index (κ2) is 10.7. The standard InChI is InChI=1S/C31H27ClFN3OS/c1-18-14-19(2)23(15-20(18)17-38-22-12-10-21(32)11-13-22)29-24(16-34)31(35)36(26-7-4-3-6-25(26)33)27-8-5-9-28(37)30(27)29/h3-4,6-7,10-15,29H,5,8-9,17,35H2,1-2H3. The lowest BCUT2D eigenvalue weighted by molar-refractivity contribution is -0.116. The van der Waals surface area contributed by atoms with Crippen molar-refractivity contribution < 1.29 is 9.18 Å². The van der Waals surface area contributed by atoms with Gasteiger partial charge in [-0.2, -0.15) is 5.26 Å². The van der Waals surface area contributed by atoms with Crippen molar-refractivity contribution in [3.63, 3.8) is 0 Å². The Morgan fingerprint density at radius 3 is 2.55 bits per heavy atom. The Morgan fingerprint density at radius 2 is 1.84 bits per heavy atom. The number of ketones is 1. The van der Waals surface area contributed by atoms with Crippen molar-refractivity contribution in [2.75, 3.05) is 4.90 Å². The lowest BCUT2D eigenvalue weighted by Crippen LogP contribution is -2.39. The molecule has 2 aliphatic rings. The van der Waals surface area contributed by atoms with E-state index in [0.29, 0.717) is 35.6 Å². The second-order valence-electron chi connectivity index (χ2n) is 9.65. The first-order valence-corrected chi connectivity index (χ1v) is 13.9. The molecule has 1 unspecified atom stereocenters. The molecule has 3 aromatic rings. The maximum Gasteiger partial charge on any atom is 0.161 e. The zero-order valence-corrected chi connectivity index (χ0v) is 22.8. The Bertz CT molecular complexity index is 1540. The highest BCUT2D eigenvalue weighted by Gasteiger charge is 2.41. The van der Waals surface area contributed by atoms with Crippen molar-refractivity contribution >= 4 is 34.8 Å². The van der Waals surface area contributed by atoms with Gasteiger partial charge >= 0.3 is 0 Å². The molecule has 0 spiro atoms. The highest BCUT2D eigenvalue weighted by atomic mass is 35.5. The number of aryl methyl sites for hydroxylation is 2. The number of allylic oxidation sites excluding steroid dienone is 3. The third kappa shape index (κ3) is 4.73. The molecule has 7 heteroatoms. The summed E-state index contributed by atoms with van der Waals surface area (Å²) in [6, 6.07) is 20.5. The van der Waals surface area contributed by atoms with E-state index in [1.807, 2.05) is 31.2 Å². The fourth-order valence-corrected chi connectivity index (χ4v) is 6.47. The van der Waals surface area contributed by atoms with E-state index in [9.17, 15) is 14.4 Å². The van der Waals surface area contributed by atoms with Crippen molar-refractivity contribution in [3.8, 4) is 6.07 Å². The molecule has 1 aliphatic heterocycles. The van der Waals surface area contributed by atoms with Crippen LogP contribution in [0.4, 0.5) is 10.1 Å². The van der Waals surface area contributed by atoms with Gasteiger partial charge in [-0.05, 0) is 85.3 Å². The fraction of sp³-hybridized carbons (Fsp3) is 0.226. The van der Waals surface area contributed by atoms with Crippen LogP contribution in [0.2, 0.25) is 5.02 Å². The molecule has 0 saturated heterocycles. The van der Waals surface area contributed by atoms with Crippen LogP contribution in [0.25, 0.3) is 0 Å². The van der Waals surface area contributed by atoms with Crippen LogP contribution in [-0.2, 0) is 10.5 Å². The SMILES string of the molecule is Cc1cc(C)c(C2C(C#N)=C(N)N(c3ccccc3F)C3=C2C(=O)CCC3)cc1CSc1ccc(Cl)cc1. The van der Waals surface area contributed by atoms with Gasteiger partial charge in [0.05, 0.1) is 23.2 Å². The lowest BCUT2D eigenvalue weighted by Gasteiger charge is -2.40. The number of anilines is 1. The zero-order valence-electron chi connectivity index (χ0n) is 21.2. The molecular formula is C31H27ClFN3OS. The minimum absolute atomic E-state index is 0.0186. The summed E-state index contributed by atoms with van der Waals surface area (Å²) in [5.41, 5.74) is 12.5. The van der Waals surface area contributed by atoms with Crippen LogP contribution >= 0.6 is 23.4 Å². The molecular weight excluding hydrogens is 517 g/mol. The number of rotatable bonds is 5. The third-order valence-electron chi connectivity index (χ3n) is 7.25. The van der Waals surface area contributed by atoms with Crippen LogP contribution in [0.1, 0.15) is 47.4 Å². The van der Waals surface area contributed by atoms with Gasteiger partial charge < -0.3 is 5.73 Å². The summed E-state index contributed by atoms with van der Waals surface area (Å²) in [5.74, 6) is -0.173. The van der Waals surface area contributed by atoms with Crippen molar-refractivity contribution in [1.82, 2.24) is 0 Å². The number of Topliss-reactive ketones (excluding diaryl/α,β-unsaturated/α-hetero) is 1. The highest BCUT2D eigenvalue weighted by molar-refractivity contribution is 7.98.